The molecule has 0 nitrogen and oxygen atoms in total. The highest BCUT2D eigenvalue weighted by molar-refractivity contribution is 5.35. The van der Waals surface area contributed by atoms with E-state index in [0.29, 0.717) is 0 Å². The SMILES string of the molecule is [CH2-]c1c(C)cccc1C. The van der Waals surface area contributed by atoms with Crippen LogP contribution in [-0.4, -0.2) is 0 Å². The summed E-state index contributed by atoms with van der Waals surface area (Å²) >= 11 is 0. The van der Waals surface area contributed by atoms with Crippen molar-refractivity contribution in [1.29, 1.82) is 0 Å². The predicted molar refractivity (Wildman–Crippen MR) is 40.4 cm³/mol. The Labute approximate surface area is 56.5 Å². The van der Waals surface area contributed by atoms with E-state index in [1.807, 2.05) is 0 Å². The molecule has 9 heavy (non-hydrogen) atoms. The summed E-state index contributed by atoms with van der Waals surface area (Å²) in [6, 6.07) is 6.21. The molecule has 0 aliphatic rings. The third-order valence-electron chi connectivity index (χ3n) is 1.64. The van der Waals surface area contributed by atoms with Gasteiger partial charge in [-0.15, -0.1) is 12.1 Å². The molecule has 0 aliphatic carbocycles. The van der Waals surface area contributed by atoms with Crippen LogP contribution in [0.5, 0.6) is 0 Å². The summed E-state index contributed by atoms with van der Waals surface area (Å²) in [5.74, 6) is 0. The van der Waals surface area contributed by atoms with Crippen LogP contribution in [0.25, 0.3) is 0 Å². The highest BCUT2D eigenvalue weighted by Gasteiger charge is 1.81. The Morgan fingerprint density at radius 1 is 1.11 bits per heavy atom. The van der Waals surface area contributed by atoms with E-state index >= 15 is 0 Å². The molecule has 0 spiro atoms. The summed E-state index contributed by atoms with van der Waals surface area (Å²) in [6.07, 6.45) is 0. The Morgan fingerprint density at radius 3 is 1.89 bits per heavy atom. The second-order valence-corrected chi connectivity index (χ2v) is 2.37. The standard InChI is InChI=1S/C9H11/c1-7-5-4-6-8(2)9(7)3/h4-6H,3H2,1-2H3/q-1. The van der Waals surface area contributed by atoms with Crippen molar-refractivity contribution in [1.82, 2.24) is 0 Å². The van der Waals surface area contributed by atoms with Gasteiger partial charge in [0, 0.05) is 0 Å². The first-order valence-corrected chi connectivity index (χ1v) is 3.10. The first kappa shape index (κ1) is 6.21. The molecule has 1 aromatic carbocycles. The fourth-order valence-electron chi connectivity index (χ4n) is 0.849. The van der Waals surface area contributed by atoms with Gasteiger partial charge in [0.25, 0.3) is 0 Å². The first-order chi connectivity index (χ1) is 4.22. The number of hydrogen-bond acceptors (Lipinski definition) is 0. The van der Waals surface area contributed by atoms with Crippen molar-refractivity contribution in [2.45, 2.75) is 13.8 Å². The molecular weight excluding hydrogens is 108 g/mol. The maximum Gasteiger partial charge on any atom is -0.0854 e. The Hall–Kier alpha value is -0.910. The van der Waals surface area contributed by atoms with Gasteiger partial charge in [0.1, 0.15) is 0 Å². The zero-order valence-corrected chi connectivity index (χ0v) is 5.94. The highest BCUT2D eigenvalue weighted by atomic mass is 14.0. The Bertz CT molecular complexity index is 191. The molecule has 0 amide bonds. The third kappa shape index (κ3) is 1.07. The van der Waals surface area contributed by atoms with E-state index in [0.717, 1.165) is 5.56 Å². The monoisotopic (exact) mass is 119 g/mol. The van der Waals surface area contributed by atoms with Gasteiger partial charge in [-0.2, -0.15) is 23.6 Å². The molecule has 0 bridgehead atoms. The van der Waals surface area contributed by atoms with Crippen molar-refractivity contribution in [2.24, 2.45) is 0 Å². The van der Waals surface area contributed by atoms with Crippen LogP contribution in [0.2, 0.25) is 0 Å². The first-order valence-electron chi connectivity index (χ1n) is 3.10. The summed E-state index contributed by atoms with van der Waals surface area (Å²) in [5, 5.41) is 0. The molecule has 0 radical (unpaired) electrons. The van der Waals surface area contributed by atoms with E-state index in [9.17, 15) is 0 Å². The molecular formula is C9H11-. The molecule has 0 heterocycles. The van der Waals surface area contributed by atoms with Gasteiger partial charge in [0.15, 0.2) is 0 Å². The summed E-state index contributed by atoms with van der Waals surface area (Å²) in [7, 11) is 0. The second-order valence-electron chi connectivity index (χ2n) is 2.37. The van der Waals surface area contributed by atoms with E-state index in [-0.39, 0.29) is 0 Å². The van der Waals surface area contributed by atoms with Crippen molar-refractivity contribution in [3.63, 3.8) is 0 Å². The van der Waals surface area contributed by atoms with Gasteiger partial charge >= 0.3 is 0 Å². The van der Waals surface area contributed by atoms with Crippen LogP contribution in [0, 0.1) is 20.8 Å². The van der Waals surface area contributed by atoms with Crippen LogP contribution in [-0.2, 0) is 0 Å². The van der Waals surface area contributed by atoms with Crippen molar-refractivity contribution in [3.05, 3.63) is 41.8 Å². The lowest BCUT2D eigenvalue weighted by Crippen LogP contribution is -1.82. The lowest BCUT2D eigenvalue weighted by Gasteiger charge is -2.10. The zero-order valence-electron chi connectivity index (χ0n) is 5.94. The Balaban J connectivity index is 3.25. The zero-order chi connectivity index (χ0) is 6.85. The molecule has 0 fully saturated rings. The quantitative estimate of drug-likeness (QED) is 0.460. The van der Waals surface area contributed by atoms with Crippen LogP contribution < -0.4 is 0 Å². The average Bonchev–Trinajstić information content (AvgIpc) is 1.83. The van der Waals surface area contributed by atoms with Crippen LogP contribution in [0.15, 0.2) is 18.2 Å². The van der Waals surface area contributed by atoms with Crippen LogP contribution in [0.4, 0.5) is 0 Å². The minimum absolute atomic E-state index is 1.16. The number of aryl methyl sites for hydroxylation is 2. The molecule has 0 atom stereocenters. The smallest absolute Gasteiger partial charge is 0.0854 e. The van der Waals surface area contributed by atoms with E-state index in [2.05, 4.69) is 39.0 Å². The van der Waals surface area contributed by atoms with Gasteiger partial charge in [-0.05, 0) is 0 Å². The van der Waals surface area contributed by atoms with E-state index in [1.54, 1.807) is 0 Å². The lowest BCUT2D eigenvalue weighted by molar-refractivity contribution is 1.33. The number of rotatable bonds is 0. The van der Waals surface area contributed by atoms with Gasteiger partial charge in [-0.1, -0.05) is 19.9 Å². The maximum absolute atomic E-state index is 3.92. The van der Waals surface area contributed by atoms with Crippen LogP contribution in [0.1, 0.15) is 16.7 Å². The van der Waals surface area contributed by atoms with Crippen LogP contribution in [0.3, 0.4) is 0 Å². The molecule has 1 rings (SSSR count). The van der Waals surface area contributed by atoms with Gasteiger partial charge in [-0.25, -0.2) is 0 Å². The molecule has 0 saturated heterocycles. The van der Waals surface area contributed by atoms with Gasteiger partial charge < -0.3 is 0 Å². The lowest BCUT2D eigenvalue weighted by atomic mass is 10.1. The maximum atomic E-state index is 3.92. The van der Waals surface area contributed by atoms with Crippen molar-refractivity contribution < 1.29 is 0 Å². The number of benzene rings is 1. The van der Waals surface area contributed by atoms with E-state index in [4.69, 9.17) is 0 Å². The fourth-order valence-corrected chi connectivity index (χ4v) is 0.849. The molecule has 0 unspecified atom stereocenters. The summed E-state index contributed by atoms with van der Waals surface area (Å²) < 4.78 is 0. The highest BCUT2D eigenvalue weighted by Crippen LogP contribution is 2.09. The molecule has 0 aromatic heterocycles. The second kappa shape index (κ2) is 2.14. The van der Waals surface area contributed by atoms with Gasteiger partial charge in [-0.3, -0.25) is 0 Å². The minimum atomic E-state index is 1.16. The van der Waals surface area contributed by atoms with E-state index < -0.39 is 0 Å². The largest absolute Gasteiger partial charge is 0.198 e. The Kier molecular flexibility index (Phi) is 1.48. The molecule has 0 aliphatic heterocycles. The molecule has 1 aromatic rings. The van der Waals surface area contributed by atoms with Crippen molar-refractivity contribution in [2.75, 3.05) is 0 Å². The van der Waals surface area contributed by atoms with Crippen LogP contribution >= 0.6 is 0 Å². The Morgan fingerprint density at radius 2 is 1.56 bits per heavy atom. The van der Waals surface area contributed by atoms with Gasteiger partial charge in [0.2, 0.25) is 0 Å². The number of hydrogen-bond donors (Lipinski definition) is 0. The van der Waals surface area contributed by atoms with Crippen molar-refractivity contribution >= 4 is 0 Å². The molecule has 48 valence electrons. The third-order valence-corrected chi connectivity index (χ3v) is 1.64. The fraction of sp³-hybridized carbons (Fsp3) is 0.222. The van der Waals surface area contributed by atoms with E-state index in [1.165, 1.54) is 11.1 Å². The normalized spacial score (nSPS) is 9.56. The minimum Gasteiger partial charge on any atom is -0.198 e. The summed E-state index contributed by atoms with van der Waals surface area (Å²) in [5.41, 5.74) is 3.71. The predicted octanol–water partition coefficient (Wildman–Crippen LogP) is 2.49. The molecule has 0 heteroatoms. The molecule has 0 saturated carbocycles. The average molecular weight is 119 g/mol. The summed E-state index contributed by atoms with van der Waals surface area (Å²) in [6.45, 7) is 8.08. The molecule has 0 N–H and O–H groups in total. The van der Waals surface area contributed by atoms with Gasteiger partial charge in [0.05, 0.1) is 0 Å². The van der Waals surface area contributed by atoms with Crippen molar-refractivity contribution in [3.8, 4) is 0 Å². The summed E-state index contributed by atoms with van der Waals surface area (Å²) in [4.78, 5) is 0. The topological polar surface area (TPSA) is 0 Å².